The molecule has 0 aliphatic rings. The summed E-state index contributed by atoms with van der Waals surface area (Å²) < 4.78 is 20.0. The second kappa shape index (κ2) is 9.47. The molecule has 8 heteroatoms. The fourth-order valence-electron chi connectivity index (χ4n) is 3.04. The van der Waals surface area contributed by atoms with Gasteiger partial charge in [-0.2, -0.15) is 0 Å². The summed E-state index contributed by atoms with van der Waals surface area (Å²) in [4.78, 5) is 21.0. The standard InChI is InChI=1S/C22H26FN5O2/c1-14(19-8-7-18(23)13-25-19)9-10-30-21-11-20(22(29)28(4)27-21)24-12-17-6-5-15(2)26-16(17)3/h5-8,11,13-14,24H,9-10,12H2,1-4H3/t14-/m1/s1. The monoisotopic (exact) mass is 411 g/mol. The highest BCUT2D eigenvalue weighted by atomic mass is 19.1. The van der Waals surface area contributed by atoms with E-state index in [1.807, 2.05) is 32.9 Å². The maximum Gasteiger partial charge on any atom is 0.290 e. The Labute approximate surface area is 175 Å². The Balaban J connectivity index is 1.62. The third kappa shape index (κ3) is 5.40. The van der Waals surface area contributed by atoms with E-state index in [0.717, 1.165) is 22.6 Å². The van der Waals surface area contributed by atoms with Crippen molar-refractivity contribution in [1.82, 2.24) is 19.7 Å². The summed E-state index contributed by atoms with van der Waals surface area (Å²) in [5.41, 5.74) is 3.88. The van der Waals surface area contributed by atoms with Gasteiger partial charge in [-0.3, -0.25) is 14.8 Å². The molecule has 0 bridgehead atoms. The molecule has 1 atom stereocenters. The van der Waals surface area contributed by atoms with Crippen molar-refractivity contribution in [2.75, 3.05) is 11.9 Å². The molecule has 0 radical (unpaired) electrons. The van der Waals surface area contributed by atoms with Crippen LogP contribution in [-0.4, -0.2) is 26.4 Å². The van der Waals surface area contributed by atoms with Crippen LogP contribution in [0.4, 0.5) is 10.1 Å². The number of nitrogens with one attached hydrogen (secondary N) is 1. The van der Waals surface area contributed by atoms with Crippen LogP contribution in [0.1, 0.15) is 41.9 Å². The van der Waals surface area contributed by atoms with Gasteiger partial charge in [-0.05, 0) is 44.0 Å². The molecule has 3 aromatic heterocycles. The first-order chi connectivity index (χ1) is 14.3. The molecule has 1 N–H and O–H groups in total. The Morgan fingerprint density at radius 1 is 1.23 bits per heavy atom. The quantitative estimate of drug-likeness (QED) is 0.611. The molecule has 0 aliphatic carbocycles. The normalized spacial score (nSPS) is 11.9. The van der Waals surface area contributed by atoms with Crippen molar-refractivity contribution in [3.05, 3.63) is 75.3 Å². The lowest BCUT2D eigenvalue weighted by atomic mass is 10.0. The van der Waals surface area contributed by atoms with Crippen LogP contribution in [0.3, 0.4) is 0 Å². The summed E-state index contributed by atoms with van der Waals surface area (Å²) in [7, 11) is 1.59. The third-order valence-corrected chi connectivity index (χ3v) is 4.90. The highest BCUT2D eigenvalue weighted by Crippen LogP contribution is 2.18. The summed E-state index contributed by atoms with van der Waals surface area (Å²) >= 11 is 0. The molecule has 0 saturated carbocycles. The molecule has 3 rings (SSSR count). The van der Waals surface area contributed by atoms with Crippen LogP contribution in [0.2, 0.25) is 0 Å². The van der Waals surface area contributed by atoms with Gasteiger partial charge in [-0.15, -0.1) is 5.10 Å². The number of aromatic nitrogens is 4. The van der Waals surface area contributed by atoms with Gasteiger partial charge >= 0.3 is 0 Å². The molecule has 0 unspecified atom stereocenters. The van der Waals surface area contributed by atoms with Crippen LogP contribution < -0.4 is 15.6 Å². The maximum atomic E-state index is 13.0. The van der Waals surface area contributed by atoms with Gasteiger partial charge in [-0.25, -0.2) is 9.07 Å². The van der Waals surface area contributed by atoms with Crippen molar-refractivity contribution in [3.63, 3.8) is 0 Å². The molecule has 0 aliphatic heterocycles. The Hall–Kier alpha value is -3.29. The van der Waals surface area contributed by atoms with Gasteiger partial charge in [0, 0.05) is 42.7 Å². The molecule has 7 nitrogen and oxygen atoms in total. The summed E-state index contributed by atoms with van der Waals surface area (Å²) in [6, 6.07) is 8.63. The Bertz CT molecular complexity index is 1070. The van der Waals surface area contributed by atoms with Gasteiger partial charge in [0.25, 0.3) is 5.56 Å². The van der Waals surface area contributed by atoms with Gasteiger partial charge in [0.05, 0.1) is 12.8 Å². The van der Waals surface area contributed by atoms with E-state index in [0.29, 0.717) is 31.1 Å². The van der Waals surface area contributed by atoms with E-state index >= 15 is 0 Å². The van der Waals surface area contributed by atoms with E-state index in [9.17, 15) is 9.18 Å². The van der Waals surface area contributed by atoms with Crippen LogP contribution in [0.25, 0.3) is 0 Å². The highest BCUT2D eigenvalue weighted by Gasteiger charge is 2.11. The summed E-state index contributed by atoms with van der Waals surface area (Å²) in [5, 5.41) is 7.33. The predicted molar refractivity (Wildman–Crippen MR) is 113 cm³/mol. The average Bonchev–Trinajstić information content (AvgIpc) is 2.71. The van der Waals surface area contributed by atoms with Crippen molar-refractivity contribution in [2.24, 2.45) is 7.05 Å². The minimum absolute atomic E-state index is 0.104. The van der Waals surface area contributed by atoms with Gasteiger partial charge in [0.1, 0.15) is 11.5 Å². The molecule has 0 fully saturated rings. The van der Waals surface area contributed by atoms with Crippen LogP contribution in [0, 0.1) is 19.7 Å². The van der Waals surface area contributed by atoms with Gasteiger partial charge < -0.3 is 10.1 Å². The molecule has 0 spiro atoms. The van der Waals surface area contributed by atoms with Crippen LogP contribution in [0.5, 0.6) is 5.88 Å². The smallest absolute Gasteiger partial charge is 0.290 e. The number of hydrogen-bond acceptors (Lipinski definition) is 6. The van der Waals surface area contributed by atoms with Crippen LogP contribution >= 0.6 is 0 Å². The molecule has 3 heterocycles. The van der Waals surface area contributed by atoms with Gasteiger partial charge in [-0.1, -0.05) is 13.0 Å². The fourth-order valence-corrected chi connectivity index (χ4v) is 3.04. The van der Waals surface area contributed by atoms with Crippen molar-refractivity contribution >= 4 is 5.69 Å². The summed E-state index contributed by atoms with van der Waals surface area (Å²) in [6.07, 6.45) is 1.89. The first-order valence-corrected chi connectivity index (χ1v) is 9.83. The van der Waals surface area contributed by atoms with Crippen molar-refractivity contribution in [1.29, 1.82) is 0 Å². The largest absolute Gasteiger partial charge is 0.477 e. The Kier molecular flexibility index (Phi) is 6.76. The molecule has 3 aromatic rings. The van der Waals surface area contributed by atoms with E-state index in [-0.39, 0.29) is 17.3 Å². The van der Waals surface area contributed by atoms with E-state index in [1.54, 1.807) is 19.2 Å². The second-order valence-corrected chi connectivity index (χ2v) is 7.32. The molecule has 0 saturated heterocycles. The van der Waals surface area contributed by atoms with Gasteiger partial charge in [0.15, 0.2) is 0 Å². The average molecular weight is 411 g/mol. The van der Waals surface area contributed by atoms with Crippen molar-refractivity contribution in [3.8, 4) is 5.88 Å². The van der Waals surface area contributed by atoms with Crippen molar-refractivity contribution < 1.29 is 9.13 Å². The number of ether oxygens (including phenoxy) is 1. The first-order valence-electron chi connectivity index (χ1n) is 9.83. The molecule has 158 valence electrons. The summed E-state index contributed by atoms with van der Waals surface area (Å²) in [6.45, 7) is 6.76. The van der Waals surface area contributed by atoms with Crippen LogP contribution in [0.15, 0.2) is 41.3 Å². The molecule has 30 heavy (non-hydrogen) atoms. The number of rotatable bonds is 8. The third-order valence-electron chi connectivity index (χ3n) is 4.90. The number of nitrogens with zero attached hydrogens (tertiary/aromatic N) is 4. The number of pyridine rings is 2. The lowest BCUT2D eigenvalue weighted by Gasteiger charge is -2.13. The molecular formula is C22H26FN5O2. The number of aryl methyl sites for hydroxylation is 3. The number of hydrogen-bond donors (Lipinski definition) is 1. The second-order valence-electron chi connectivity index (χ2n) is 7.32. The Morgan fingerprint density at radius 2 is 2.03 bits per heavy atom. The van der Waals surface area contributed by atoms with Crippen LogP contribution in [-0.2, 0) is 13.6 Å². The fraction of sp³-hybridized carbons (Fsp3) is 0.364. The van der Waals surface area contributed by atoms with Gasteiger partial charge in [0.2, 0.25) is 5.88 Å². The lowest BCUT2D eigenvalue weighted by Crippen LogP contribution is -2.24. The SMILES string of the molecule is Cc1ccc(CNc2cc(OCC[C@@H](C)c3ccc(F)cn3)nn(C)c2=O)c(C)n1. The maximum absolute atomic E-state index is 13.0. The predicted octanol–water partition coefficient (Wildman–Crippen LogP) is 3.51. The highest BCUT2D eigenvalue weighted by molar-refractivity contribution is 5.44. The molecule has 0 aromatic carbocycles. The minimum atomic E-state index is -0.353. The molecule has 0 amide bonds. The van der Waals surface area contributed by atoms with E-state index in [1.165, 1.54) is 16.9 Å². The number of halogens is 1. The van der Waals surface area contributed by atoms with E-state index in [4.69, 9.17) is 4.74 Å². The first kappa shape index (κ1) is 21.4. The zero-order valence-electron chi connectivity index (χ0n) is 17.6. The van der Waals surface area contributed by atoms with Crippen molar-refractivity contribution in [2.45, 2.75) is 39.7 Å². The molecular weight excluding hydrogens is 385 g/mol. The zero-order valence-corrected chi connectivity index (χ0v) is 17.6. The number of anilines is 1. The topological polar surface area (TPSA) is 81.9 Å². The zero-order chi connectivity index (χ0) is 21.7. The van der Waals surface area contributed by atoms with E-state index in [2.05, 4.69) is 20.4 Å². The summed E-state index contributed by atoms with van der Waals surface area (Å²) in [5.74, 6) is 0.110. The minimum Gasteiger partial charge on any atom is -0.477 e. The Morgan fingerprint density at radius 3 is 2.73 bits per heavy atom. The van der Waals surface area contributed by atoms with E-state index < -0.39 is 0 Å². The lowest BCUT2D eigenvalue weighted by molar-refractivity contribution is 0.281.